The van der Waals surface area contributed by atoms with E-state index in [9.17, 15) is 4.79 Å². The highest BCUT2D eigenvalue weighted by molar-refractivity contribution is 5.69. The Morgan fingerprint density at radius 2 is 1.78 bits per heavy atom. The molecule has 2 fully saturated rings. The van der Waals surface area contributed by atoms with Crippen LogP contribution in [0.3, 0.4) is 0 Å². The van der Waals surface area contributed by atoms with Crippen molar-refractivity contribution in [2.45, 2.75) is 77.3 Å². The fourth-order valence-electron chi connectivity index (χ4n) is 3.89. The summed E-state index contributed by atoms with van der Waals surface area (Å²) in [4.78, 5) is 13.4. The Kier molecular flexibility index (Phi) is 4.31. The zero-order chi connectivity index (χ0) is 13.2. The smallest absolute Gasteiger partial charge is 0.317 e. The van der Waals surface area contributed by atoms with E-state index in [1.54, 1.807) is 0 Å². The third-order valence-corrected chi connectivity index (χ3v) is 4.76. The summed E-state index contributed by atoms with van der Waals surface area (Å²) < 4.78 is 0. The molecule has 1 N–H and O–H groups in total. The lowest BCUT2D eigenvalue weighted by Crippen LogP contribution is -2.48. The molecule has 104 valence electrons. The van der Waals surface area contributed by atoms with Gasteiger partial charge >= 0.3 is 5.97 Å². The normalized spacial score (nSPS) is 28.7. The van der Waals surface area contributed by atoms with Gasteiger partial charge in [0.15, 0.2) is 0 Å². The average molecular weight is 253 g/mol. The van der Waals surface area contributed by atoms with Gasteiger partial charge in [0, 0.05) is 12.1 Å². The van der Waals surface area contributed by atoms with Gasteiger partial charge in [-0.1, -0.05) is 33.1 Å². The predicted molar refractivity (Wildman–Crippen MR) is 72.6 cm³/mol. The summed E-state index contributed by atoms with van der Waals surface area (Å²) >= 11 is 0. The standard InChI is InChI=1S/C15H27NO2/c1-15(2)9-5-8-13(10-15)16(11-14(17)18)12-6-3-4-7-12/h12-13H,3-11H2,1-2H3,(H,17,18). The molecule has 2 aliphatic rings. The maximum atomic E-state index is 11.1. The van der Waals surface area contributed by atoms with Crippen molar-refractivity contribution in [3.8, 4) is 0 Å². The maximum absolute atomic E-state index is 11.1. The molecule has 0 aromatic carbocycles. The minimum Gasteiger partial charge on any atom is -0.480 e. The van der Waals surface area contributed by atoms with Crippen LogP contribution < -0.4 is 0 Å². The molecular weight excluding hydrogens is 226 g/mol. The molecule has 2 saturated carbocycles. The summed E-state index contributed by atoms with van der Waals surface area (Å²) in [5.74, 6) is -0.662. The molecule has 0 amide bonds. The number of carboxylic acid groups (broad SMARTS) is 1. The lowest BCUT2D eigenvalue weighted by molar-refractivity contribution is -0.140. The molecule has 0 spiro atoms. The number of carboxylic acids is 1. The molecule has 1 unspecified atom stereocenters. The molecule has 2 rings (SSSR count). The minimum absolute atomic E-state index is 0.241. The van der Waals surface area contributed by atoms with Gasteiger partial charge in [-0.3, -0.25) is 9.69 Å². The molecule has 18 heavy (non-hydrogen) atoms. The highest BCUT2D eigenvalue weighted by Crippen LogP contribution is 2.39. The Morgan fingerprint density at radius 3 is 2.33 bits per heavy atom. The quantitative estimate of drug-likeness (QED) is 0.836. The molecule has 0 aromatic rings. The minimum atomic E-state index is -0.662. The molecule has 1 atom stereocenters. The number of rotatable bonds is 4. The maximum Gasteiger partial charge on any atom is 0.317 e. The molecule has 2 aliphatic carbocycles. The van der Waals surface area contributed by atoms with Gasteiger partial charge in [0.2, 0.25) is 0 Å². The van der Waals surface area contributed by atoms with Gasteiger partial charge < -0.3 is 5.11 Å². The zero-order valence-electron chi connectivity index (χ0n) is 11.8. The summed E-state index contributed by atoms with van der Waals surface area (Å²) in [6.07, 6.45) is 9.84. The van der Waals surface area contributed by atoms with Gasteiger partial charge in [0.25, 0.3) is 0 Å². The number of aliphatic carboxylic acids is 1. The van der Waals surface area contributed by atoms with E-state index in [1.165, 1.54) is 44.9 Å². The van der Waals surface area contributed by atoms with Crippen molar-refractivity contribution in [1.82, 2.24) is 4.90 Å². The van der Waals surface area contributed by atoms with E-state index < -0.39 is 5.97 Å². The van der Waals surface area contributed by atoms with Gasteiger partial charge in [-0.2, -0.15) is 0 Å². The molecule has 0 aliphatic heterocycles. The third kappa shape index (κ3) is 3.47. The van der Waals surface area contributed by atoms with Crippen molar-refractivity contribution in [2.75, 3.05) is 6.54 Å². The van der Waals surface area contributed by atoms with E-state index >= 15 is 0 Å². The molecule has 0 bridgehead atoms. The largest absolute Gasteiger partial charge is 0.480 e. The number of carbonyl (C=O) groups is 1. The van der Waals surface area contributed by atoms with Crippen LogP contribution in [0.15, 0.2) is 0 Å². The summed E-state index contributed by atoms with van der Waals surface area (Å²) in [5, 5.41) is 9.16. The van der Waals surface area contributed by atoms with Gasteiger partial charge in [-0.25, -0.2) is 0 Å². The van der Waals surface area contributed by atoms with E-state index in [0.717, 1.165) is 6.42 Å². The second-order valence-electron chi connectivity index (χ2n) is 6.92. The van der Waals surface area contributed by atoms with Gasteiger partial charge in [0.05, 0.1) is 6.54 Å². The van der Waals surface area contributed by atoms with Crippen LogP contribution in [0.1, 0.15) is 65.2 Å². The van der Waals surface area contributed by atoms with E-state index in [4.69, 9.17) is 5.11 Å². The van der Waals surface area contributed by atoms with E-state index in [-0.39, 0.29) is 6.54 Å². The van der Waals surface area contributed by atoms with Gasteiger partial charge in [-0.05, 0) is 37.5 Å². The van der Waals surface area contributed by atoms with Crippen LogP contribution in [-0.2, 0) is 4.79 Å². The molecule has 3 heteroatoms. The van der Waals surface area contributed by atoms with Crippen LogP contribution in [0.5, 0.6) is 0 Å². The van der Waals surface area contributed by atoms with Crippen molar-refractivity contribution in [3.63, 3.8) is 0 Å². The van der Waals surface area contributed by atoms with E-state index in [2.05, 4.69) is 18.7 Å². The second kappa shape index (κ2) is 5.60. The molecule has 3 nitrogen and oxygen atoms in total. The van der Waals surface area contributed by atoms with Crippen molar-refractivity contribution in [2.24, 2.45) is 5.41 Å². The average Bonchev–Trinajstić information content (AvgIpc) is 2.77. The summed E-state index contributed by atoms with van der Waals surface area (Å²) in [5.41, 5.74) is 0.387. The number of hydrogen-bond donors (Lipinski definition) is 1. The Morgan fingerprint density at radius 1 is 1.17 bits per heavy atom. The van der Waals surface area contributed by atoms with Gasteiger partial charge in [0.1, 0.15) is 0 Å². The molecule has 0 radical (unpaired) electrons. The second-order valence-corrected chi connectivity index (χ2v) is 6.92. The first-order valence-corrected chi connectivity index (χ1v) is 7.45. The monoisotopic (exact) mass is 253 g/mol. The fourth-order valence-corrected chi connectivity index (χ4v) is 3.89. The SMILES string of the molecule is CC1(C)CCCC(N(CC(=O)O)C2CCCC2)C1. The highest BCUT2D eigenvalue weighted by Gasteiger charge is 2.36. The number of hydrogen-bond acceptors (Lipinski definition) is 2. The van der Waals surface area contributed by atoms with Crippen molar-refractivity contribution >= 4 is 5.97 Å². The first-order chi connectivity index (χ1) is 8.48. The molecule has 0 aromatic heterocycles. The topological polar surface area (TPSA) is 40.5 Å². The first-order valence-electron chi connectivity index (χ1n) is 7.45. The van der Waals surface area contributed by atoms with Crippen LogP contribution in [0.4, 0.5) is 0 Å². The van der Waals surface area contributed by atoms with Gasteiger partial charge in [-0.15, -0.1) is 0 Å². The Hall–Kier alpha value is -0.570. The fraction of sp³-hybridized carbons (Fsp3) is 0.933. The number of nitrogens with zero attached hydrogens (tertiary/aromatic N) is 1. The van der Waals surface area contributed by atoms with Crippen LogP contribution >= 0.6 is 0 Å². The third-order valence-electron chi connectivity index (χ3n) is 4.76. The molecule has 0 heterocycles. The lowest BCUT2D eigenvalue weighted by atomic mass is 9.74. The Bertz CT molecular complexity index is 295. The van der Waals surface area contributed by atoms with E-state index in [1.807, 2.05) is 0 Å². The molecular formula is C15H27NO2. The summed E-state index contributed by atoms with van der Waals surface area (Å²) in [7, 11) is 0. The van der Waals surface area contributed by atoms with Crippen LogP contribution in [0.25, 0.3) is 0 Å². The van der Waals surface area contributed by atoms with Crippen molar-refractivity contribution in [1.29, 1.82) is 0 Å². The predicted octanol–water partition coefficient (Wildman–Crippen LogP) is 3.28. The van der Waals surface area contributed by atoms with E-state index in [0.29, 0.717) is 17.5 Å². The van der Waals surface area contributed by atoms with Crippen LogP contribution in [0.2, 0.25) is 0 Å². The summed E-state index contributed by atoms with van der Waals surface area (Å²) in [6, 6.07) is 1.02. The first kappa shape index (κ1) is 13.9. The molecule has 0 saturated heterocycles. The Balaban J connectivity index is 2.04. The zero-order valence-corrected chi connectivity index (χ0v) is 11.8. The van der Waals surface area contributed by atoms with Crippen LogP contribution in [-0.4, -0.2) is 34.6 Å². The Labute approximate surface area is 111 Å². The lowest BCUT2D eigenvalue weighted by Gasteiger charge is -2.43. The summed E-state index contributed by atoms with van der Waals surface area (Å²) in [6.45, 7) is 4.89. The van der Waals surface area contributed by atoms with Crippen LogP contribution in [0, 0.1) is 5.41 Å². The highest BCUT2D eigenvalue weighted by atomic mass is 16.4. The van der Waals surface area contributed by atoms with Crippen molar-refractivity contribution < 1.29 is 9.90 Å². The van der Waals surface area contributed by atoms with Crippen molar-refractivity contribution in [3.05, 3.63) is 0 Å².